The zero-order valence-corrected chi connectivity index (χ0v) is 10.3. The Morgan fingerprint density at radius 2 is 1.95 bits per heavy atom. The van der Waals surface area contributed by atoms with E-state index < -0.39 is 0 Å². The van der Waals surface area contributed by atoms with Crippen LogP contribution in [0.15, 0.2) is 55.1 Å². The van der Waals surface area contributed by atoms with E-state index in [9.17, 15) is 0 Å². The Bertz CT molecular complexity index is 744. The molecule has 96 valence electrons. The third kappa shape index (κ3) is 2.47. The quantitative estimate of drug-likeness (QED) is 0.724. The predicted octanol–water partition coefficient (Wildman–Crippen LogP) is 2.33. The topological polar surface area (TPSA) is 76.6 Å². The van der Waals surface area contributed by atoms with E-state index >= 15 is 0 Å². The number of aromatic nitrogens is 4. The molecule has 0 aliphatic heterocycles. The van der Waals surface area contributed by atoms with Crippen LogP contribution in [-0.4, -0.2) is 19.7 Å². The highest BCUT2D eigenvalue weighted by Crippen LogP contribution is 2.20. The minimum atomic E-state index is 0.321. The van der Waals surface area contributed by atoms with E-state index in [0.717, 1.165) is 5.69 Å². The molecule has 0 unspecified atom stereocenters. The summed E-state index contributed by atoms with van der Waals surface area (Å²) in [4.78, 5) is 7.94. The highest BCUT2D eigenvalue weighted by molar-refractivity contribution is 5.38. The number of rotatable bonds is 3. The first-order valence-electron chi connectivity index (χ1n) is 5.85. The Kier molecular flexibility index (Phi) is 3.08. The van der Waals surface area contributed by atoms with Crippen molar-refractivity contribution in [1.82, 2.24) is 19.7 Å². The van der Waals surface area contributed by atoms with Gasteiger partial charge in [0.05, 0.1) is 5.69 Å². The van der Waals surface area contributed by atoms with Gasteiger partial charge in [-0.2, -0.15) is 10.4 Å². The summed E-state index contributed by atoms with van der Waals surface area (Å²) >= 11 is 0. The monoisotopic (exact) mass is 263 g/mol. The van der Waals surface area contributed by atoms with Crippen LogP contribution in [0.5, 0.6) is 11.6 Å². The summed E-state index contributed by atoms with van der Waals surface area (Å²) in [5.41, 5.74) is 1.20. The molecular weight excluding hydrogens is 254 g/mol. The summed E-state index contributed by atoms with van der Waals surface area (Å²) in [5.74, 6) is 1.02. The molecule has 2 heterocycles. The van der Waals surface area contributed by atoms with Crippen LogP contribution in [0.4, 0.5) is 0 Å². The molecule has 1 aromatic carbocycles. The molecule has 3 aromatic rings. The average molecular weight is 263 g/mol. The molecule has 0 radical (unpaired) electrons. The smallest absolute Gasteiger partial charge is 0.220 e. The summed E-state index contributed by atoms with van der Waals surface area (Å²) in [6.07, 6.45) is 3.09. The molecule has 0 amide bonds. The minimum absolute atomic E-state index is 0.321. The maximum atomic E-state index is 8.79. The van der Waals surface area contributed by atoms with Crippen molar-refractivity contribution in [3.8, 4) is 23.4 Å². The molecule has 0 aliphatic carbocycles. The fraction of sp³-hybridized carbons (Fsp3) is 0. The van der Waals surface area contributed by atoms with Gasteiger partial charge in [-0.05, 0) is 30.3 Å². The zero-order valence-electron chi connectivity index (χ0n) is 10.3. The third-order valence-electron chi connectivity index (χ3n) is 2.58. The molecule has 6 heteroatoms. The van der Waals surface area contributed by atoms with Crippen LogP contribution < -0.4 is 4.74 Å². The van der Waals surface area contributed by atoms with Gasteiger partial charge in [-0.15, -0.1) is 0 Å². The van der Waals surface area contributed by atoms with E-state index in [0.29, 0.717) is 17.3 Å². The van der Waals surface area contributed by atoms with Crippen molar-refractivity contribution in [2.45, 2.75) is 0 Å². The lowest BCUT2D eigenvalue weighted by Gasteiger charge is -2.06. The van der Waals surface area contributed by atoms with Crippen molar-refractivity contribution in [3.05, 3.63) is 60.8 Å². The summed E-state index contributed by atoms with van der Waals surface area (Å²) in [5, 5.41) is 12.8. The molecule has 2 aromatic heterocycles. The fourth-order valence-corrected chi connectivity index (χ4v) is 1.66. The van der Waals surface area contributed by atoms with E-state index in [2.05, 4.69) is 15.1 Å². The molecule has 3 rings (SSSR count). The Hall–Kier alpha value is -3.20. The van der Waals surface area contributed by atoms with Gasteiger partial charge in [-0.25, -0.2) is 14.6 Å². The normalized spacial score (nSPS) is 9.95. The van der Waals surface area contributed by atoms with E-state index in [-0.39, 0.29) is 0 Å². The SMILES string of the molecule is N#Cc1cccc(Oc2ccc(-n3cncn3)cc2)n1. The number of hydrogen-bond acceptors (Lipinski definition) is 5. The third-order valence-corrected chi connectivity index (χ3v) is 2.58. The van der Waals surface area contributed by atoms with Crippen LogP contribution in [0.3, 0.4) is 0 Å². The van der Waals surface area contributed by atoms with Crippen LogP contribution in [0.25, 0.3) is 5.69 Å². The number of nitriles is 1. The van der Waals surface area contributed by atoms with Crippen LogP contribution in [0.1, 0.15) is 5.69 Å². The molecule has 6 nitrogen and oxygen atoms in total. The molecule has 0 fully saturated rings. The van der Waals surface area contributed by atoms with E-state index in [1.54, 1.807) is 41.3 Å². The maximum absolute atomic E-state index is 8.79. The van der Waals surface area contributed by atoms with Crippen molar-refractivity contribution in [3.63, 3.8) is 0 Å². The fourth-order valence-electron chi connectivity index (χ4n) is 1.66. The van der Waals surface area contributed by atoms with Crippen molar-refractivity contribution in [2.75, 3.05) is 0 Å². The number of ether oxygens (including phenoxy) is 1. The standard InChI is InChI=1S/C14H9N5O/c15-8-11-2-1-3-14(18-11)20-13-6-4-12(5-7-13)19-10-16-9-17-19/h1-7,9-10H. The molecule has 0 saturated carbocycles. The summed E-state index contributed by atoms with van der Waals surface area (Å²) in [7, 11) is 0. The van der Waals surface area contributed by atoms with E-state index in [1.807, 2.05) is 18.2 Å². The first-order valence-corrected chi connectivity index (χ1v) is 5.85. The number of hydrogen-bond donors (Lipinski definition) is 0. The van der Waals surface area contributed by atoms with Gasteiger partial charge >= 0.3 is 0 Å². The van der Waals surface area contributed by atoms with Crippen molar-refractivity contribution in [2.24, 2.45) is 0 Å². The molecule has 20 heavy (non-hydrogen) atoms. The summed E-state index contributed by atoms with van der Waals surface area (Å²) in [6, 6.07) is 14.3. The second-order valence-corrected chi connectivity index (χ2v) is 3.91. The largest absolute Gasteiger partial charge is 0.439 e. The van der Waals surface area contributed by atoms with Gasteiger partial charge in [-0.1, -0.05) is 6.07 Å². The molecule has 0 bridgehead atoms. The molecule has 0 atom stereocenters. The summed E-state index contributed by atoms with van der Waals surface area (Å²) in [6.45, 7) is 0. The van der Waals surface area contributed by atoms with Crippen LogP contribution >= 0.6 is 0 Å². The highest BCUT2D eigenvalue weighted by atomic mass is 16.5. The van der Waals surface area contributed by atoms with Gasteiger partial charge < -0.3 is 4.74 Å². The van der Waals surface area contributed by atoms with Crippen LogP contribution in [0, 0.1) is 11.3 Å². The van der Waals surface area contributed by atoms with Gasteiger partial charge in [0.1, 0.15) is 30.2 Å². The first kappa shape index (κ1) is 11.9. The van der Waals surface area contributed by atoms with Gasteiger partial charge in [-0.3, -0.25) is 0 Å². The van der Waals surface area contributed by atoms with E-state index in [1.165, 1.54) is 6.33 Å². The summed E-state index contributed by atoms with van der Waals surface area (Å²) < 4.78 is 7.24. The lowest BCUT2D eigenvalue weighted by molar-refractivity contribution is 0.462. The van der Waals surface area contributed by atoms with Gasteiger partial charge in [0.2, 0.25) is 5.88 Å². The van der Waals surface area contributed by atoms with E-state index in [4.69, 9.17) is 10.00 Å². The lowest BCUT2D eigenvalue weighted by atomic mass is 10.3. The van der Waals surface area contributed by atoms with Crippen molar-refractivity contribution < 1.29 is 4.74 Å². The number of pyridine rings is 1. The Morgan fingerprint density at radius 1 is 1.10 bits per heavy atom. The Balaban J connectivity index is 1.80. The molecule has 0 spiro atoms. The Labute approximate surface area is 114 Å². The molecule has 0 aliphatic rings. The van der Waals surface area contributed by atoms with Crippen LogP contribution in [0.2, 0.25) is 0 Å². The second-order valence-electron chi connectivity index (χ2n) is 3.91. The minimum Gasteiger partial charge on any atom is -0.439 e. The van der Waals surface area contributed by atoms with Crippen molar-refractivity contribution in [1.29, 1.82) is 5.26 Å². The average Bonchev–Trinajstić information content (AvgIpc) is 3.02. The highest BCUT2D eigenvalue weighted by Gasteiger charge is 2.02. The van der Waals surface area contributed by atoms with Gasteiger partial charge in [0.25, 0.3) is 0 Å². The molecule has 0 saturated heterocycles. The first-order chi connectivity index (χ1) is 9.85. The molecular formula is C14H9N5O. The van der Waals surface area contributed by atoms with Crippen LogP contribution in [-0.2, 0) is 0 Å². The lowest BCUT2D eigenvalue weighted by Crippen LogP contribution is -1.94. The number of nitrogens with zero attached hydrogens (tertiary/aromatic N) is 5. The molecule has 0 N–H and O–H groups in total. The zero-order chi connectivity index (χ0) is 13.8. The number of benzene rings is 1. The van der Waals surface area contributed by atoms with Gasteiger partial charge in [0, 0.05) is 6.07 Å². The Morgan fingerprint density at radius 3 is 2.65 bits per heavy atom. The second kappa shape index (κ2) is 5.20. The predicted molar refractivity (Wildman–Crippen MR) is 70.4 cm³/mol. The van der Waals surface area contributed by atoms with Crippen molar-refractivity contribution >= 4 is 0 Å². The van der Waals surface area contributed by atoms with Gasteiger partial charge in [0.15, 0.2) is 0 Å². The maximum Gasteiger partial charge on any atom is 0.220 e.